The zero-order valence-corrected chi connectivity index (χ0v) is 11.2. The Morgan fingerprint density at radius 3 is 2.38 bits per heavy atom. The maximum Gasteiger partial charge on any atom is 0.212 e. The minimum absolute atomic E-state index is 0.502. The molecule has 1 N–H and O–H groups in total. The lowest BCUT2D eigenvalue weighted by atomic mass is 9.95. The lowest BCUT2D eigenvalue weighted by molar-refractivity contribution is -0.108. The summed E-state index contributed by atoms with van der Waals surface area (Å²) in [7, 11) is 1.39. The monoisotopic (exact) mass is 230 g/mol. The molecule has 1 amide bonds. The molecule has 4 heteroatoms. The van der Waals surface area contributed by atoms with Crippen molar-refractivity contribution < 1.29 is 9.63 Å². The van der Waals surface area contributed by atoms with Gasteiger partial charge in [0.1, 0.15) is 13.4 Å². The molecule has 96 valence electrons. The molecule has 0 aromatic rings. The van der Waals surface area contributed by atoms with Crippen LogP contribution in [-0.2, 0) is 9.63 Å². The predicted octanol–water partition coefficient (Wildman–Crippen LogP) is 2.79. The summed E-state index contributed by atoms with van der Waals surface area (Å²) in [6.45, 7) is 9.21. The van der Waals surface area contributed by atoms with Crippen molar-refractivity contribution in [2.75, 3.05) is 7.11 Å². The number of hydrogen-bond acceptors (Lipinski definition) is 3. The lowest BCUT2D eigenvalue weighted by Gasteiger charge is -2.11. The summed E-state index contributed by atoms with van der Waals surface area (Å²) < 4.78 is 0. The molecule has 0 aliphatic carbocycles. The smallest absolute Gasteiger partial charge is 0.212 e. The van der Waals surface area contributed by atoms with E-state index in [9.17, 15) is 4.79 Å². The van der Waals surface area contributed by atoms with E-state index in [4.69, 9.17) is 0 Å². The van der Waals surface area contributed by atoms with Gasteiger partial charge in [0.15, 0.2) is 0 Å². The average Bonchev–Trinajstić information content (AvgIpc) is 2.18. The number of nitrogens with zero attached hydrogens (tertiary/aromatic N) is 1. The van der Waals surface area contributed by atoms with Crippen LogP contribution in [0.15, 0.2) is 5.16 Å². The summed E-state index contributed by atoms with van der Waals surface area (Å²) in [5.41, 5.74) is 0. The van der Waals surface area contributed by atoms with Gasteiger partial charge in [-0.3, -0.25) is 4.79 Å². The average molecular weight is 230 g/mol. The summed E-state index contributed by atoms with van der Waals surface area (Å²) >= 11 is 0. The number of amides is 1. The second-order valence-electron chi connectivity index (χ2n) is 4.22. The Balaban J connectivity index is 0. The minimum Gasteiger partial charge on any atom is -0.398 e. The van der Waals surface area contributed by atoms with Crippen LogP contribution in [-0.4, -0.2) is 19.9 Å². The number of rotatable bonds is 7. The molecule has 0 saturated carbocycles. The minimum atomic E-state index is 0.502. The first-order chi connectivity index (χ1) is 7.58. The summed E-state index contributed by atoms with van der Waals surface area (Å²) in [5.74, 6) is 1.82. The van der Waals surface area contributed by atoms with Crippen LogP contribution in [0.5, 0.6) is 0 Å². The Labute approximate surface area is 99.4 Å². The Kier molecular flexibility index (Phi) is 15.1. The van der Waals surface area contributed by atoms with E-state index < -0.39 is 0 Å². The highest BCUT2D eigenvalue weighted by Crippen LogP contribution is 2.15. The predicted molar refractivity (Wildman–Crippen MR) is 68.2 cm³/mol. The molecule has 0 heterocycles. The maximum atomic E-state index is 9.42. The molecule has 0 radical (unpaired) electrons. The fourth-order valence-electron chi connectivity index (χ4n) is 1.53. The van der Waals surface area contributed by atoms with E-state index in [0.717, 1.165) is 18.2 Å². The molecular formula is C12H26N2O2. The van der Waals surface area contributed by atoms with Gasteiger partial charge in [0, 0.05) is 0 Å². The van der Waals surface area contributed by atoms with Gasteiger partial charge >= 0.3 is 0 Å². The van der Waals surface area contributed by atoms with Crippen molar-refractivity contribution in [3.63, 3.8) is 0 Å². The van der Waals surface area contributed by atoms with Crippen molar-refractivity contribution in [1.82, 2.24) is 5.32 Å². The van der Waals surface area contributed by atoms with Gasteiger partial charge in [-0.15, -0.1) is 0 Å². The Bertz CT molecular complexity index is 170. The molecule has 0 aliphatic heterocycles. The van der Waals surface area contributed by atoms with Crippen molar-refractivity contribution in [2.24, 2.45) is 17.0 Å². The third-order valence-corrected chi connectivity index (χ3v) is 1.96. The zero-order chi connectivity index (χ0) is 12.8. The van der Waals surface area contributed by atoms with Gasteiger partial charge in [-0.25, -0.2) is 0 Å². The van der Waals surface area contributed by atoms with Crippen molar-refractivity contribution in [1.29, 1.82) is 0 Å². The molecule has 0 rings (SSSR count). The highest BCUT2D eigenvalue weighted by molar-refractivity contribution is 5.70. The van der Waals surface area contributed by atoms with E-state index in [2.05, 4.69) is 43.0 Å². The van der Waals surface area contributed by atoms with Gasteiger partial charge < -0.3 is 10.2 Å². The van der Waals surface area contributed by atoms with Gasteiger partial charge in [0.05, 0.1) is 0 Å². The molecule has 0 fully saturated rings. The molecule has 0 spiro atoms. The largest absolute Gasteiger partial charge is 0.398 e. The fourth-order valence-corrected chi connectivity index (χ4v) is 1.53. The van der Waals surface area contributed by atoms with Crippen molar-refractivity contribution in [3.05, 3.63) is 0 Å². The van der Waals surface area contributed by atoms with Crippen LogP contribution in [0, 0.1) is 11.8 Å². The van der Waals surface area contributed by atoms with E-state index in [1.807, 2.05) is 0 Å². The van der Waals surface area contributed by atoms with E-state index in [-0.39, 0.29) is 0 Å². The fraction of sp³-hybridized carbons (Fsp3) is 0.833. The second kappa shape index (κ2) is 13.9. The molecule has 0 aliphatic rings. The zero-order valence-electron chi connectivity index (χ0n) is 11.2. The van der Waals surface area contributed by atoms with Gasteiger partial charge in [-0.05, 0) is 18.3 Å². The molecule has 0 aromatic carbocycles. The molecule has 0 saturated heterocycles. The molecule has 1 unspecified atom stereocenters. The quantitative estimate of drug-likeness (QED) is 0.316. The SMILES string of the molecule is CCCC(C)CC(C)C.CO/N=C\NC=O. The third kappa shape index (κ3) is 18.7. The summed E-state index contributed by atoms with van der Waals surface area (Å²) in [5, 5.41) is 5.35. The van der Waals surface area contributed by atoms with Crippen LogP contribution in [0.25, 0.3) is 0 Å². The molecule has 4 nitrogen and oxygen atoms in total. The standard InChI is InChI=1S/C9H20.C3H6N2O2/c1-5-6-9(4)7-8(2)3;1-7-5-2-4-3-6/h8-9H,5-7H2,1-4H3;2-3H,1H3,(H,4,5,6). The van der Waals surface area contributed by atoms with Gasteiger partial charge in [-0.2, -0.15) is 0 Å². The Morgan fingerprint density at radius 1 is 1.38 bits per heavy atom. The van der Waals surface area contributed by atoms with Gasteiger partial charge in [0.25, 0.3) is 0 Å². The van der Waals surface area contributed by atoms with Crippen molar-refractivity contribution >= 4 is 12.7 Å². The van der Waals surface area contributed by atoms with Crippen LogP contribution >= 0.6 is 0 Å². The number of oxime groups is 1. The number of nitrogens with one attached hydrogen (secondary N) is 1. The summed E-state index contributed by atoms with van der Waals surface area (Å²) in [4.78, 5) is 13.6. The highest BCUT2D eigenvalue weighted by Gasteiger charge is 2.02. The van der Waals surface area contributed by atoms with Crippen LogP contribution in [0.1, 0.15) is 47.0 Å². The van der Waals surface area contributed by atoms with Crippen molar-refractivity contribution in [2.45, 2.75) is 47.0 Å². The van der Waals surface area contributed by atoms with Crippen molar-refractivity contribution in [3.8, 4) is 0 Å². The highest BCUT2D eigenvalue weighted by atomic mass is 16.6. The van der Waals surface area contributed by atoms with E-state index in [1.165, 1.54) is 26.4 Å². The Hall–Kier alpha value is -1.06. The maximum absolute atomic E-state index is 9.42. The van der Waals surface area contributed by atoms with E-state index in [1.54, 1.807) is 0 Å². The first kappa shape index (κ1) is 17.3. The Morgan fingerprint density at radius 2 is 2.00 bits per heavy atom. The molecule has 16 heavy (non-hydrogen) atoms. The van der Waals surface area contributed by atoms with Crippen LogP contribution in [0.4, 0.5) is 0 Å². The van der Waals surface area contributed by atoms with Gasteiger partial charge in [0.2, 0.25) is 6.41 Å². The number of carbonyl (C=O) groups excluding carboxylic acids is 1. The van der Waals surface area contributed by atoms with Crippen LogP contribution in [0.2, 0.25) is 0 Å². The van der Waals surface area contributed by atoms with Crippen LogP contribution < -0.4 is 5.32 Å². The lowest BCUT2D eigenvalue weighted by Crippen LogP contribution is -2.06. The normalized spacial score (nSPS) is 11.9. The number of hydrogen-bond donors (Lipinski definition) is 1. The second-order valence-corrected chi connectivity index (χ2v) is 4.22. The number of carbonyl (C=O) groups is 1. The molecule has 0 aromatic heterocycles. The molecule has 1 atom stereocenters. The van der Waals surface area contributed by atoms with E-state index in [0.29, 0.717) is 6.41 Å². The van der Waals surface area contributed by atoms with Gasteiger partial charge in [-0.1, -0.05) is 45.7 Å². The summed E-state index contributed by atoms with van der Waals surface area (Å²) in [6.07, 6.45) is 5.79. The topological polar surface area (TPSA) is 50.7 Å². The third-order valence-electron chi connectivity index (χ3n) is 1.96. The first-order valence-electron chi connectivity index (χ1n) is 5.83. The first-order valence-corrected chi connectivity index (χ1v) is 5.83. The molecular weight excluding hydrogens is 204 g/mol. The molecule has 0 bridgehead atoms. The van der Waals surface area contributed by atoms with E-state index >= 15 is 0 Å². The summed E-state index contributed by atoms with van der Waals surface area (Å²) in [6, 6.07) is 0. The van der Waals surface area contributed by atoms with Crippen LogP contribution in [0.3, 0.4) is 0 Å².